The minimum absolute atomic E-state index is 0.0239. The van der Waals surface area contributed by atoms with Crippen molar-refractivity contribution in [3.05, 3.63) is 47.5 Å². The van der Waals surface area contributed by atoms with Gasteiger partial charge in [-0.2, -0.15) is 0 Å². The second-order valence-electron chi connectivity index (χ2n) is 5.69. The van der Waals surface area contributed by atoms with Crippen molar-refractivity contribution in [2.24, 2.45) is 0 Å². The molecule has 1 amide bonds. The minimum atomic E-state index is -1.20. The summed E-state index contributed by atoms with van der Waals surface area (Å²) in [6, 6.07) is 5.83. The van der Waals surface area contributed by atoms with Crippen LogP contribution in [0.4, 0.5) is 14.5 Å². The molecule has 2 rings (SSSR count). The van der Waals surface area contributed by atoms with E-state index in [0.717, 1.165) is 19.2 Å². The van der Waals surface area contributed by atoms with Crippen LogP contribution in [0.15, 0.2) is 30.3 Å². The van der Waals surface area contributed by atoms with Crippen LogP contribution in [-0.4, -0.2) is 24.1 Å². The number of amides is 1. The smallest absolute Gasteiger partial charge is 0.396 e. The average molecular weight is 365 g/mol. The maximum Gasteiger partial charge on any atom is 0.396 e. The first-order valence-electron chi connectivity index (χ1n) is 7.62. The SMILES string of the molecule is COC(=O)C(=O)Nc1cc(F)c(Oc2ccc(O)c(C(C)C)c2)c(F)c1. The number of phenolic OH excluding ortho intramolecular Hbond substituents is 1. The Bertz CT molecular complexity index is 828. The average Bonchev–Trinajstić information content (AvgIpc) is 2.58. The number of esters is 1. The summed E-state index contributed by atoms with van der Waals surface area (Å²) in [7, 11) is 1.00. The highest BCUT2D eigenvalue weighted by Crippen LogP contribution is 2.34. The third kappa shape index (κ3) is 4.27. The fourth-order valence-corrected chi connectivity index (χ4v) is 2.18. The normalized spacial score (nSPS) is 10.5. The number of carbonyl (C=O) groups is 2. The molecule has 2 aromatic rings. The van der Waals surface area contributed by atoms with Crippen LogP contribution >= 0.6 is 0 Å². The molecule has 0 atom stereocenters. The van der Waals surface area contributed by atoms with Crippen molar-refractivity contribution in [2.45, 2.75) is 19.8 Å². The van der Waals surface area contributed by atoms with Crippen LogP contribution in [0.5, 0.6) is 17.2 Å². The number of hydrogen-bond donors (Lipinski definition) is 2. The summed E-state index contributed by atoms with van der Waals surface area (Å²) < 4.78 is 37.8. The molecule has 0 heterocycles. The second kappa shape index (κ2) is 7.81. The lowest BCUT2D eigenvalue weighted by Gasteiger charge is -2.13. The Hall–Kier alpha value is -3.16. The van der Waals surface area contributed by atoms with Gasteiger partial charge in [0.15, 0.2) is 17.4 Å². The molecular weight excluding hydrogens is 348 g/mol. The van der Waals surface area contributed by atoms with E-state index in [1.54, 1.807) is 0 Å². The Kier molecular flexibility index (Phi) is 5.76. The van der Waals surface area contributed by atoms with E-state index in [2.05, 4.69) is 4.74 Å². The van der Waals surface area contributed by atoms with Gasteiger partial charge in [0.2, 0.25) is 0 Å². The van der Waals surface area contributed by atoms with Crippen LogP contribution in [0.3, 0.4) is 0 Å². The third-order valence-corrected chi connectivity index (χ3v) is 3.47. The molecule has 0 aromatic heterocycles. The van der Waals surface area contributed by atoms with Crippen molar-refractivity contribution >= 4 is 17.6 Å². The highest BCUT2D eigenvalue weighted by atomic mass is 19.1. The number of nitrogens with one attached hydrogen (secondary N) is 1. The molecular formula is C18H17F2NO5. The number of anilines is 1. The lowest BCUT2D eigenvalue weighted by atomic mass is 10.0. The molecule has 0 radical (unpaired) electrons. The van der Waals surface area contributed by atoms with Crippen molar-refractivity contribution < 1.29 is 33.0 Å². The lowest BCUT2D eigenvalue weighted by molar-refractivity contribution is -0.150. The van der Waals surface area contributed by atoms with Crippen molar-refractivity contribution in [3.63, 3.8) is 0 Å². The molecule has 26 heavy (non-hydrogen) atoms. The Morgan fingerprint density at radius 1 is 1.12 bits per heavy atom. The van der Waals surface area contributed by atoms with Crippen LogP contribution in [0, 0.1) is 11.6 Å². The standard InChI is InChI=1S/C18H17F2NO5/c1-9(2)12-8-11(4-5-15(12)22)26-16-13(19)6-10(7-14(16)20)21-17(23)18(24)25-3/h4-9,22H,1-3H3,(H,21,23). The molecule has 0 saturated heterocycles. The van der Waals surface area contributed by atoms with Gasteiger partial charge in [0.1, 0.15) is 11.5 Å². The predicted octanol–water partition coefficient (Wildman–Crippen LogP) is 3.70. The highest BCUT2D eigenvalue weighted by Gasteiger charge is 2.19. The Morgan fingerprint density at radius 3 is 2.27 bits per heavy atom. The van der Waals surface area contributed by atoms with Gasteiger partial charge >= 0.3 is 11.9 Å². The molecule has 2 N–H and O–H groups in total. The number of hydrogen-bond acceptors (Lipinski definition) is 5. The number of phenols is 1. The summed E-state index contributed by atoms with van der Waals surface area (Å²) in [5.74, 6) is -5.04. The van der Waals surface area contributed by atoms with Gasteiger partial charge in [-0.3, -0.25) is 4.79 Å². The van der Waals surface area contributed by atoms with E-state index in [9.17, 15) is 23.5 Å². The highest BCUT2D eigenvalue weighted by molar-refractivity contribution is 6.37. The molecule has 8 heteroatoms. The van der Waals surface area contributed by atoms with E-state index >= 15 is 0 Å². The van der Waals surface area contributed by atoms with Gasteiger partial charge in [-0.25, -0.2) is 13.6 Å². The van der Waals surface area contributed by atoms with Gasteiger partial charge in [-0.1, -0.05) is 13.8 Å². The molecule has 0 fully saturated rings. The monoisotopic (exact) mass is 365 g/mol. The van der Waals surface area contributed by atoms with E-state index in [1.807, 2.05) is 19.2 Å². The molecule has 0 bridgehead atoms. The fourth-order valence-electron chi connectivity index (χ4n) is 2.18. The molecule has 0 aliphatic heterocycles. The molecule has 0 spiro atoms. The Labute approximate surface area is 148 Å². The third-order valence-electron chi connectivity index (χ3n) is 3.47. The zero-order valence-electron chi connectivity index (χ0n) is 14.3. The maximum atomic E-state index is 14.2. The van der Waals surface area contributed by atoms with Gasteiger partial charge in [-0.05, 0) is 24.1 Å². The second-order valence-corrected chi connectivity index (χ2v) is 5.69. The topological polar surface area (TPSA) is 84.9 Å². The van der Waals surface area contributed by atoms with E-state index in [1.165, 1.54) is 18.2 Å². The summed E-state index contributed by atoms with van der Waals surface area (Å²) >= 11 is 0. The van der Waals surface area contributed by atoms with Crippen LogP contribution in [0.25, 0.3) is 0 Å². The van der Waals surface area contributed by atoms with Crippen LogP contribution in [0.1, 0.15) is 25.3 Å². The number of halogens is 2. The van der Waals surface area contributed by atoms with Crippen molar-refractivity contribution in [2.75, 3.05) is 12.4 Å². The zero-order chi connectivity index (χ0) is 19.4. The minimum Gasteiger partial charge on any atom is -0.508 e. The number of aromatic hydroxyl groups is 1. The number of ether oxygens (including phenoxy) is 2. The number of benzene rings is 2. The molecule has 0 unspecified atom stereocenters. The molecule has 0 aliphatic rings. The van der Waals surface area contributed by atoms with Gasteiger partial charge in [0, 0.05) is 23.4 Å². The Balaban J connectivity index is 2.27. The molecule has 2 aromatic carbocycles. The van der Waals surface area contributed by atoms with Gasteiger partial charge in [0.25, 0.3) is 0 Å². The van der Waals surface area contributed by atoms with Gasteiger partial charge in [-0.15, -0.1) is 0 Å². The number of carbonyl (C=O) groups excluding carboxylic acids is 2. The summed E-state index contributed by atoms with van der Waals surface area (Å²) in [4.78, 5) is 22.4. The number of methoxy groups -OCH3 is 1. The first-order chi connectivity index (χ1) is 12.2. The maximum absolute atomic E-state index is 14.2. The summed E-state index contributed by atoms with van der Waals surface area (Å²) in [6.45, 7) is 3.69. The van der Waals surface area contributed by atoms with E-state index in [4.69, 9.17) is 4.74 Å². The Morgan fingerprint density at radius 2 is 1.73 bits per heavy atom. The van der Waals surface area contributed by atoms with Crippen LogP contribution < -0.4 is 10.1 Å². The first-order valence-corrected chi connectivity index (χ1v) is 7.62. The lowest BCUT2D eigenvalue weighted by Crippen LogP contribution is -2.24. The van der Waals surface area contributed by atoms with Crippen molar-refractivity contribution in [1.82, 2.24) is 0 Å². The molecule has 6 nitrogen and oxygen atoms in total. The molecule has 0 aliphatic carbocycles. The summed E-state index contributed by atoms with van der Waals surface area (Å²) in [5.41, 5.74) is 0.293. The van der Waals surface area contributed by atoms with Crippen molar-refractivity contribution in [1.29, 1.82) is 0 Å². The first kappa shape index (κ1) is 19.2. The summed E-state index contributed by atoms with van der Waals surface area (Å²) in [6.07, 6.45) is 0. The van der Waals surface area contributed by atoms with E-state index in [0.29, 0.717) is 5.56 Å². The quantitative estimate of drug-likeness (QED) is 0.638. The number of rotatable bonds is 4. The largest absolute Gasteiger partial charge is 0.508 e. The van der Waals surface area contributed by atoms with Crippen molar-refractivity contribution in [3.8, 4) is 17.2 Å². The van der Waals surface area contributed by atoms with Gasteiger partial charge < -0.3 is 19.9 Å². The summed E-state index contributed by atoms with van der Waals surface area (Å²) in [5, 5.41) is 11.8. The molecule has 138 valence electrons. The predicted molar refractivity (Wildman–Crippen MR) is 89.3 cm³/mol. The van der Waals surface area contributed by atoms with E-state index < -0.39 is 29.3 Å². The zero-order valence-corrected chi connectivity index (χ0v) is 14.3. The van der Waals surface area contributed by atoms with Crippen LogP contribution in [0.2, 0.25) is 0 Å². The van der Waals surface area contributed by atoms with Gasteiger partial charge in [0.05, 0.1) is 7.11 Å². The van der Waals surface area contributed by atoms with Crippen LogP contribution in [-0.2, 0) is 14.3 Å². The fraction of sp³-hybridized carbons (Fsp3) is 0.222. The molecule has 0 saturated carbocycles. The van der Waals surface area contributed by atoms with E-state index in [-0.39, 0.29) is 23.1 Å².